The van der Waals surface area contributed by atoms with E-state index in [-0.39, 0.29) is 0 Å². The molecular weight excluding hydrogens is 268 g/mol. The molecule has 0 N–H and O–H groups in total. The number of hydrogen-bond donors (Lipinski definition) is 0. The van der Waals surface area contributed by atoms with E-state index in [9.17, 15) is 0 Å². The molecule has 76 valence electrons. The van der Waals surface area contributed by atoms with Crippen molar-refractivity contribution in [3.63, 3.8) is 0 Å². The number of nitriles is 2. The van der Waals surface area contributed by atoms with Gasteiger partial charge in [0.25, 0.3) is 0 Å². The van der Waals surface area contributed by atoms with E-state index in [0.717, 1.165) is 10.2 Å². The molecule has 0 amide bonds. The third-order valence-electron chi connectivity index (χ3n) is 2.08. The Morgan fingerprint density at radius 2 is 2.06 bits per heavy atom. The Bertz CT molecular complexity index is 616. The van der Waals surface area contributed by atoms with Gasteiger partial charge in [0.2, 0.25) is 5.82 Å². The van der Waals surface area contributed by atoms with E-state index in [1.165, 1.54) is 0 Å². The van der Waals surface area contributed by atoms with Crippen LogP contribution in [0, 0.1) is 22.7 Å². The first-order chi connectivity index (χ1) is 7.76. The molecule has 2 aromatic rings. The zero-order chi connectivity index (χ0) is 11.5. The van der Waals surface area contributed by atoms with Crippen molar-refractivity contribution in [2.75, 3.05) is 0 Å². The topological polar surface area (TPSA) is 65.4 Å². The second-order valence-corrected chi connectivity index (χ2v) is 3.86. The predicted molar refractivity (Wildman–Crippen MR) is 60.7 cm³/mol. The van der Waals surface area contributed by atoms with E-state index in [1.807, 2.05) is 12.1 Å². The molecule has 0 saturated carbocycles. The minimum Gasteiger partial charge on any atom is -0.290 e. The monoisotopic (exact) mass is 272 g/mol. The number of aromatic nitrogens is 2. The smallest absolute Gasteiger partial charge is 0.217 e. The molecule has 4 nitrogen and oxygen atoms in total. The molecule has 0 saturated heterocycles. The highest BCUT2D eigenvalue weighted by atomic mass is 79.9. The molecule has 1 heterocycles. The number of rotatable bonds is 1. The van der Waals surface area contributed by atoms with Gasteiger partial charge in [-0.05, 0) is 34.1 Å². The van der Waals surface area contributed by atoms with Crippen molar-refractivity contribution in [1.82, 2.24) is 9.55 Å². The lowest BCUT2D eigenvalue weighted by atomic mass is 10.2. The third kappa shape index (κ3) is 1.69. The molecule has 0 aliphatic carbocycles. The zero-order valence-corrected chi connectivity index (χ0v) is 9.64. The maximum absolute atomic E-state index is 8.86. The van der Waals surface area contributed by atoms with Crippen molar-refractivity contribution in [2.45, 2.75) is 0 Å². The van der Waals surface area contributed by atoms with Crippen LogP contribution in [-0.2, 0) is 0 Å². The molecule has 0 aliphatic heterocycles. The second kappa shape index (κ2) is 4.18. The molecule has 2 rings (SSSR count). The Balaban J connectivity index is 2.59. The average molecular weight is 273 g/mol. The van der Waals surface area contributed by atoms with E-state index in [0.29, 0.717) is 11.4 Å². The van der Waals surface area contributed by atoms with Crippen LogP contribution in [0.25, 0.3) is 5.69 Å². The van der Waals surface area contributed by atoms with Crippen LogP contribution in [0.4, 0.5) is 0 Å². The standard InChI is InChI=1S/C11H5BrN4/c12-9-5-8(6-13)1-2-10(9)16-4-3-15-11(16)7-14/h1-5H. The number of nitrogens with zero attached hydrogens (tertiary/aromatic N) is 4. The molecule has 1 aromatic heterocycles. The van der Waals surface area contributed by atoms with Crippen molar-refractivity contribution in [3.05, 3.63) is 46.5 Å². The first kappa shape index (κ1) is 10.4. The molecule has 0 aliphatic rings. The van der Waals surface area contributed by atoms with Crippen molar-refractivity contribution >= 4 is 15.9 Å². The van der Waals surface area contributed by atoms with Gasteiger partial charge in [-0.25, -0.2) is 4.98 Å². The third-order valence-corrected chi connectivity index (χ3v) is 2.71. The molecule has 0 atom stereocenters. The molecule has 0 radical (unpaired) electrons. The van der Waals surface area contributed by atoms with E-state index in [4.69, 9.17) is 10.5 Å². The summed E-state index contributed by atoms with van der Waals surface area (Å²) in [5.41, 5.74) is 1.35. The molecule has 0 bridgehead atoms. The van der Waals surface area contributed by atoms with Crippen molar-refractivity contribution in [3.8, 4) is 17.8 Å². The zero-order valence-electron chi connectivity index (χ0n) is 8.05. The van der Waals surface area contributed by atoms with Crippen molar-refractivity contribution in [2.24, 2.45) is 0 Å². The first-order valence-corrected chi connectivity index (χ1v) is 5.19. The van der Waals surface area contributed by atoms with E-state index in [2.05, 4.69) is 20.9 Å². The van der Waals surface area contributed by atoms with Crippen LogP contribution in [0.2, 0.25) is 0 Å². The van der Waals surface area contributed by atoms with Crippen LogP contribution >= 0.6 is 15.9 Å². The van der Waals surface area contributed by atoms with Crippen LogP contribution in [0.3, 0.4) is 0 Å². The summed E-state index contributed by atoms with van der Waals surface area (Å²) in [6.45, 7) is 0. The van der Waals surface area contributed by atoms with Gasteiger partial charge in [0.1, 0.15) is 6.07 Å². The van der Waals surface area contributed by atoms with Crippen LogP contribution in [0.15, 0.2) is 35.1 Å². The molecule has 5 heteroatoms. The van der Waals surface area contributed by atoms with Crippen LogP contribution in [0.1, 0.15) is 11.4 Å². The van der Waals surface area contributed by atoms with Crippen LogP contribution in [-0.4, -0.2) is 9.55 Å². The Hall–Kier alpha value is -2.11. The average Bonchev–Trinajstić information content (AvgIpc) is 2.76. The summed E-state index contributed by atoms with van der Waals surface area (Å²) in [6, 6.07) is 9.21. The van der Waals surface area contributed by atoms with Gasteiger partial charge < -0.3 is 0 Å². The van der Waals surface area contributed by atoms with Gasteiger partial charge in [0.05, 0.1) is 17.3 Å². The molecule has 0 fully saturated rings. The van der Waals surface area contributed by atoms with Crippen LogP contribution < -0.4 is 0 Å². The molecule has 0 spiro atoms. The van der Waals surface area contributed by atoms with Gasteiger partial charge in [-0.2, -0.15) is 10.5 Å². The fourth-order valence-electron chi connectivity index (χ4n) is 1.35. The SMILES string of the molecule is N#Cc1ccc(-n2ccnc2C#N)c(Br)c1. The summed E-state index contributed by atoms with van der Waals surface area (Å²) < 4.78 is 2.41. The summed E-state index contributed by atoms with van der Waals surface area (Å²) >= 11 is 3.36. The lowest BCUT2D eigenvalue weighted by Crippen LogP contribution is -1.97. The summed E-state index contributed by atoms with van der Waals surface area (Å²) in [6.07, 6.45) is 3.26. The normalized spacial score (nSPS) is 9.44. The van der Waals surface area contributed by atoms with Gasteiger partial charge in [-0.15, -0.1) is 0 Å². The molecule has 1 aromatic carbocycles. The van der Waals surface area contributed by atoms with Crippen LogP contribution in [0.5, 0.6) is 0 Å². The minimum absolute atomic E-state index is 0.311. The number of hydrogen-bond acceptors (Lipinski definition) is 3. The number of imidazole rings is 1. The quantitative estimate of drug-likeness (QED) is 0.801. The highest BCUT2D eigenvalue weighted by molar-refractivity contribution is 9.10. The molecular formula is C11H5BrN4. The Morgan fingerprint density at radius 3 is 2.69 bits per heavy atom. The predicted octanol–water partition coefficient (Wildman–Crippen LogP) is 2.38. The lowest BCUT2D eigenvalue weighted by molar-refractivity contribution is 1.01. The van der Waals surface area contributed by atoms with Gasteiger partial charge in [-0.1, -0.05) is 0 Å². The van der Waals surface area contributed by atoms with Crippen molar-refractivity contribution < 1.29 is 0 Å². The fraction of sp³-hybridized carbons (Fsp3) is 0. The van der Waals surface area contributed by atoms with E-state index in [1.54, 1.807) is 35.2 Å². The number of benzene rings is 1. The fourth-order valence-corrected chi connectivity index (χ4v) is 1.92. The molecule has 0 unspecified atom stereocenters. The largest absolute Gasteiger partial charge is 0.290 e. The van der Waals surface area contributed by atoms with E-state index >= 15 is 0 Å². The highest BCUT2D eigenvalue weighted by Crippen LogP contribution is 2.23. The summed E-state index contributed by atoms with van der Waals surface area (Å²) in [5, 5.41) is 17.6. The minimum atomic E-state index is 0.311. The Morgan fingerprint density at radius 1 is 1.25 bits per heavy atom. The number of halogens is 1. The van der Waals surface area contributed by atoms with Gasteiger partial charge in [-0.3, -0.25) is 4.57 Å². The lowest BCUT2D eigenvalue weighted by Gasteiger charge is -2.06. The molecule has 16 heavy (non-hydrogen) atoms. The summed E-state index contributed by atoms with van der Waals surface area (Å²) in [5.74, 6) is 0.311. The summed E-state index contributed by atoms with van der Waals surface area (Å²) in [7, 11) is 0. The van der Waals surface area contributed by atoms with Gasteiger partial charge in [0, 0.05) is 16.9 Å². The second-order valence-electron chi connectivity index (χ2n) is 3.01. The van der Waals surface area contributed by atoms with Gasteiger partial charge in [0.15, 0.2) is 0 Å². The maximum atomic E-state index is 8.86. The Kier molecular flexibility index (Phi) is 2.72. The maximum Gasteiger partial charge on any atom is 0.217 e. The highest BCUT2D eigenvalue weighted by Gasteiger charge is 2.07. The summed E-state index contributed by atoms with van der Waals surface area (Å²) in [4.78, 5) is 3.91. The van der Waals surface area contributed by atoms with E-state index < -0.39 is 0 Å². The van der Waals surface area contributed by atoms with Crippen molar-refractivity contribution in [1.29, 1.82) is 10.5 Å². The van der Waals surface area contributed by atoms with Gasteiger partial charge >= 0.3 is 0 Å². The Labute approximate surface area is 101 Å². The first-order valence-electron chi connectivity index (χ1n) is 4.39.